The molecule has 0 saturated carbocycles. The first-order valence-electron chi connectivity index (χ1n) is 7.68. The van der Waals surface area contributed by atoms with Crippen molar-refractivity contribution in [1.82, 2.24) is 10.2 Å². The van der Waals surface area contributed by atoms with Gasteiger partial charge in [-0.1, -0.05) is 19.9 Å². The molecular weight excluding hydrogens is 264 g/mol. The lowest BCUT2D eigenvalue weighted by Gasteiger charge is -2.34. The summed E-state index contributed by atoms with van der Waals surface area (Å²) in [6.45, 7) is 10.4. The van der Waals surface area contributed by atoms with Crippen LogP contribution in [0.25, 0.3) is 0 Å². The molecule has 2 atom stereocenters. The highest BCUT2D eigenvalue weighted by molar-refractivity contribution is 5.74. The number of rotatable bonds is 3. The Morgan fingerprint density at radius 1 is 1.24 bits per heavy atom. The maximum absolute atomic E-state index is 12.1. The van der Waals surface area contributed by atoms with E-state index in [1.165, 1.54) is 17.5 Å². The number of carbonyl (C=O) groups is 1. The Hall–Kier alpha value is -1.71. The van der Waals surface area contributed by atoms with Crippen molar-refractivity contribution in [3.8, 4) is 5.75 Å². The highest BCUT2D eigenvalue weighted by Gasteiger charge is 2.25. The Morgan fingerprint density at radius 3 is 2.52 bits per heavy atom. The van der Waals surface area contributed by atoms with E-state index in [9.17, 15) is 4.79 Å². The standard InChI is InChI=1S/C17H26N2O2/c1-12-7-13(2)10-19(9-12)17(20)18-11-21-16-6-5-14(3)15(4)8-16/h5-6,8,12-13H,7,9-11H2,1-4H3,(H,18,20). The van der Waals surface area contributed by atoms with E-state index >= 15 is 0 Å². The average molecular weight is 290 g/mol. The fourth-order valence-electron chi connectivity index (χ4n) is 2.93. The van der Waals surface area contributed by atoms with Crippen LogP contribution in [0.5, 0.6) is 5.75 Å². The van der Waals surface area contributed by atoms with Crippen molar-refractivity contribution in [2.45, 2.75) is 34.1 Å². The van der Waals surface area contributed by atoms with Crippen LogP contribution in [0, 0.1) is 25.7 Å². The molecule has 1 aromatic carbocycles. The summed E-state index contributed by atoms with van der Waals surface area (Å²) >= 11 is 0. The van der Waals surface area contributed by atoms with E-state index in [1.54, 1.807) is 0 Å². The first kappa shape index (κ1) is 15.7. The molecule has 1 aliphatic rings. The molecule has 0 radical (unpaired) electrons. The van der Waals surface area contributed by atoms with Gasteiger partial charge in [0, 0.05) is 13.1 Å². The predicted octanol–water partition coefficient (Wildman–Crippen LogP) is 3.33. The molecule has 4 heteroatoms. The SMILES string of the molecule is Cc1ccc(OCNC(=O)N2CC(C)CC(C)C2)cc1C. The van der Waals surface area contributed by atoms with Gasteiger partial charge in [-0.05, 0) is 55.4 Å². The van der Waals surface area contributed by atoms with Crippen LogP contribution in [0.2, 0.25) is 0 Å². The first-order chi connectivity index (χ1) is 9.95. The van der Waals surface area contributed by atoms with Crippen molar-refractivity contribution >= 4 is 6.03 Å². The molecular formula is C17H26N2O2. The summed E-state index contributed by atoms with van der Waals surface area (Å²) in [7, 11) is 0. The molecule has 2 rings (SSSR count). The summed E-state index contributed by atoms with van der Waals surface area (Å²) in [4.78, 5) is 14.0. The number of amides is 2. The van der Waals surface area contributed by atoms with Crippen LogP contribution in [0.1, 0.15) is 31.4 Å². The third-order valence-corrected chi connectivity index (χ3v) is 4.10. The van der Waals surface area contributed by atoms with Crippen LogP contribution in [0.15, 0.2) is 18.2 Å². The second-order valence-electron chi connectivity index (χ2n) is 6.37. The molecule has 116 valence electrons. The number of hydrogen-bond donors (Lipinski definition) is 1. The molecule has 1 aromatic rings. The summed E-state index contributed by atoms with van der Waals surface area (Å²) in [5.41, 5.74) is 2.43. The number of likely N-dealkylation sites (tertiary alicyclic amines) is 1. The van der Waals surface area contributed by atoms with Crippen LogP contribution in [-0.2, 0) is 0 Å². The van der Waals surface area contributed by atoms with Gasteiger partial charge in [-0.25, -0.2) is 4.79 Å². The molecule has 0 spiro atoms. The highest BCUT2D eigenvalue weighted by atomic mass is 16.5. The second kappa shape index (κ2) is 6.83. The zero-order chi connectivity index (χ0) is 15.4. The number of carbonyl (C=O) groups excluding carboxylic acids is 1. The van der Waals surface area contributed by atoms with Gasteiger partial charge in [-0.15, -0.1) is 0 Å². The number of ether oxygens (including phenoxy) is 1. The van der Waals surface area contributed by atoms with Crippen LogP contribution in [-0.4, -0.2) is 30.8 Å². The number of nitrogens with one attached hydrogen (secondary N) is 1. The Bertz CT molecular complexity index is 492. The van der Waals surface area contributed by atoms with Gasteiger partial charge in [0.05, 0.1) is 0 Å². The third-order valence-electron chi connectivity index (χ3n) is 4.10. The lowest BCUT2D eigenvalue weighted by atomic mass is 9.92. The molecule has 2 unspecified atom stereocenters. The summed E-state index contributed by atoms with van der Waals surface area (Å²) in [6.07, 6.45) is 1.20. The van der Waals surface area contributed by atoms with Crippen molar-refractivity contribution in [3.05, 3.63) is 29.3 Å². The Balaban J connectivity index is 1.80. The third kappa shape index (κ3) is 4.38. The molecule has 2 amide bonds. The van der Waals surface area contributed by atoms with Gasteiger partial charge in [0.2, 0.25) is 0 Å². The lowest BCUT2D eigenvalue weighted by molar-refractivity contribution is 0.139. The van der Waals surface area contributed by atoms with Crippen LogP contribution in [0.4, 0.5) is 4.79 Å². The minimum absolute atomic E-state index is 0.0303. The van der Waals surface area contributed by atoms with Crippen molar-refractivity contribution < 1.29 is 9.53 Å². The van der Waals surface area contributed by atoms with E-state index in [1.807, 2.05) is 23.1 Å². The molecule has 0 aliphatic carbocycles. The fraction of sp³-hybridized carbons (Fsp3) is 0.588. The Labute approximate surface area is 127 Å². The van der Waals surface area contributed by atoms with Gasteiger partial charge >= 0.3 is 6.03 Å². The lowest BCUT2D eigenvalue weighted by Crippen LogP contribution is -2.48. The summed E-state index contributed by atoms with van der Waals surface area (Å²) in [6, 6.07) is 5.92. The minimum atomic E-state index is -0.0303. The van der Waals surface area contributed by atoms with Gasteiger partial charge in [0.1, 0.15) is 5.75 Å². The summed E-state index contributed by atoms with van der Waals surface area (Å²) < 4.78 is 5.60. The van der Waals surface area contributed by atoms with Crippen LogP contribution in [0.3, 0.4) is 0 Å². The maximum atomic E-state index is 12.1. The normalized spacial score (nSPS) is 22.0. The quantitative estimate of drug-likeness (QED) is 0.868. The van der Waals surface area contributed by atoms with E-state index in [4.69, 9.17) is 4.74 Å². The smallest absolute Gasteiger partial charge is 0.320 e. The number of benzene rings is 1. The van der Waals surface area contributed by atoms with Gasteiger partial charge in [0.25, 0.3) is 0 Å². The van der Waals surface area contributed by atoms with Crippen molar-refractivity contribution in [1.29, 1.82) is 0 Å². The topological polar surface area (TPSA) is 41.6 Å². The van der Waals surface area contributed by atoms with Crippen molar-refractivity contribution in [2.75, 3.05) is 19.8 Å². The van der Waals surface area contributed by atoms with Crippen LogP contribution < -0.4 is 10.1 Å². The van der Waals surface area contributed by atoms with E-state index in [-0.39, 0.29) is 12.8 Å². The highest BCUT2D eigenvalue weighted by Crippen LogP contribution is 2.21. The maximum Gasteiger partial charge on any atom is 0.320 e. The van der Waals surface area contributed by atoms with E-state index in [2.05, 4.69) is 33.0 Å². The molecule has 1 heterocycles. The Kier molecular flexibility index (Phi) is 5.10. The van der Waals surface area contributed by atoms with E-state index in [0.29, 0.717) is 11.8 Å². The van der Waals surface area contributed by atoms with Crippen molar-refractivity contribution in [2.24, 2.45) is 11.8 Å². The van der Waals surface area contributed by atoms with Crippen LogP contribution >= 0.6 is 0 Å². The monoisotopic (exact) mass is 290 g/mol. The number of nitrogens with zero attached hydrogens (tertiary/aromatic N) is 1. The molecule has 1 N–H and O–H groups in total. The van der Waals surface area contributed by atoms with Gasteiger partial charge in [-0.3, -0.25) is 0 Å². The van der Waals surface area contributed by atoms with Gasteiger partial charge in [-0.2, -0.15) is 0 Å². The summed E-state index contributed by atoms with van der Waals surface area (Å²) in [5.74, 6) is 1.93. The minimum Gasteiger partial charge on any atom is -0.473 e. The zero-order valence-electron chi connectivity index (χ0n) is 13.5. The fourth-order valence-corrected chi connectivity index (χ4v) is 2.93. The number of hydrogen-bond acceptors (Lipinski definition) is 2. The molecule has 21 heavy (non-hydrogen) atoms. The van der Waals surface area contributed by atoms with E-state index in [0.717, 1.165) is 18.8 Å². The first-order valence-corrected chi connectivity index (χ1v) is 7.68. The largest absolute Gasteiger partial charge is 0.473 e. The predicted molar refractivity (Wildman–Crippen MR) is 84.5 cm³/mol. The second-order valence-corrected chi connectivity index (χ2v) is 6.37. The molecule has 1 saturated heterocycles. The molecule has 4 nitrogen and oxygen atoms in total. The molecule has 1 fully saturated rings. The van der Waals surface area contributed by atoms with E-state index < -0.39 is 0 Å². The van der Waals surface area contributed by atoms with Crippen molar-refractivity contribution in [3.63, 3.8) is 0 Å². The average Bonchev–Trinajstić information content (AvgIpc) is 2.41. The molecule has 0 bridgehead atoms. The molecule has 1 aliphatic heterocycles. The number of aryl methyl sites for hydroxylation is 2. The number of piperidine rings is 1. The van der Waals surface area contributed by atoms with Gasteiger partial charge in [0.15, 0.2) is 6.73 Å². The zero-order valence-corrected chi connectivity index (χ0v) is 13.5. The molecule has 0 aromatic heterocycles. The van der Waals surface area contributed by atoms with Gasteiger partial charge < -0.3 is 15.0 Å². The summed E-state index contributed by atoms with van der Waals surface area (Å²) in [5, 5.41) is 2.84. The number of urea groups is 1. The Morgan fingerprint density at radius 2 is 1.90 bits per heavy atom.